The molecule has 110 valence electrons. The van der Waals surface area contributed by atoms with E-state index < -0.39 is 21.8 Å². The maximum atomic E-state index is 12.9. The largest absolute Gasteiger partial charge is 0.478 e. The molecule has 0 heterocycles. The number of carboxylic acids is 1. The van der Waals surface area contributed by atoms with Gasteiger partial charge in [0.25, 0.3) is 10.0 Å². The molecule has 21 heavy (non-hydrogen) atoms. The van der Waals surface area contributed by atoms with Crippen LogP contribution < -0.4 is 4.31 Å². The van der Waals surface area contributed by atoms with E-state index in [1.807, 2.05) is 0 Å². The molecule has 0 aliphatic rings. The van der Waals surface area contributed by atoms with Gasteiger partial charge in [-0.25, -0.2) is 17.6 Å². The molecule has 0 aliphatic heterocycles. The number of carboxylic acid groups (broad SMARTS) is 1. The first-order chi connectivity index (χ1) is 9.84. The van der Waals surface area contributed by atoms with E-state index in [9.17, 15) is 17.6 Å². The number of rotatable bonds is 4. The van der Waals surface area contributed by atoms with Crippen LogP contribution in [0.3, 0.4) is 0 Å². The van der Waals surface area contributed by atoms with Crippen LogP contribution in [0.4, 0.5) is 10.1 Å². The maximum Gasteiger partial charge on any atom is 0.337 e. The smallest absolute Gasteiger partial charge is 0.337 e. The zero-order valence-electron chi connectivity index (χ0n) is 11.0. The van der Waals surface area contributed by atoms with Crippen molar-refractivity contribution < 1.29 is 22.7 Å². The fourth-order valence-electron chi connectivity index (χ4n) is 1.82. The molecule has 2 rings (SSSR count). The van der Waals surface area contributed by atoms with Crippen molar-refractivity contribution in [3.8, 4) is 0 Å². The van der Waals surface area contributed by atoms with E-state index in [1.165, 1.54) is 25.2 Å². The molecular weight excluding hydrogens is 297 g/mol. The molecular formula is C14H12FNO4S. The molecule has 7 heteroatoms. The Morgan fingerprint density at radius 3 is 2.24 bits per heavy atom. The second-order valence-electron chi connectivity index (χ2n) is 4.25. The van der Waals surface area contributed by atoms with Crippen molar-refractivity contribution in [2.45, 2.75) is 4.90 Å². The molecule has 1 N–H and O–H groups in total. The Morgan fingerprint density at radius 1 is 1.10 bits per heavy atom. The third-order valence-electron chi connectivity index (χ3n) is 2.95. The van der Waals surface area contributed by atoms with Crippen LogP contribution in [0.25, 0.3) is 0 Å². The first-order valence-corrected chi connectivity index (χ1v) is 7.35. The molecule has 0 aromatic heterocycles. The van der Waals surface area contributed by atoms with Crippen molar-refractivity contribution in [1.29, 1.82) is 0 Å². The van der Waals surface area contributed by atoms with Crippen molar-refractivity contribution in [1.82, 2.24) is 0 Å². The van der Waals surface area contributed by atoms with Crippen molar-refractivity contribution in [2.75, 3.05) is 11.4 Å². The third kappa shape index (κ3) is 2.87. The third-order valence-corrected chi connectivity index (χ3v) is 4.73. The predicted molar refractivity (Wildman–Crippen MR) is 75.4 cm³/mol. The average molecular weight is 309 g/mol. The van der Waals surface area contributed by atoms with Crippen molar-refractivity contribution >= 4 is 21.7 Å². The SMILES string of the molecule is CN(c1ccccc1C(=O)O)S(=O)(=O)c1ccc(F)cc1. The summed E-state index contributed by atoms with van der Waals surface area (Å²) in [6.45, 7) is 0. The number of aromatic carboxylic acids is 1. The Bertz CT molecular complexity index is 772. The van der Waals surface area contributed by atoms with Gasteiger partial charge in [-0.1, -0.05) is 12.1 Å². The molecule has 5 nitrogen and oxygen atoms in total. The highest BCUT2D eigenvalue weighted by molar-refractivity contribution is 7.92. The van der Waals surface area contributed by atoms with Gasteiger partial charge in [0.05, 0.1) is 16.1 Å². The van der Waals surface area contributed by atoms with Crippen LogP contribution in [0.2, 0.25) is 0 Å². The molecule has 2 aromatic rings. The second kappa shape index (κ2) is 5.53. The molecule has 0 spiro atoms. The van der Waals surface area contributed by atoms with Gasteiger partial charge in [-0.3, -0.25) is 4.31 Å². The van der Waals surface area contributed by atoms with Crippen molar-refractivity contribution in [3.63, 3.8) is 0 Å². The van der Waals surface area contributed by atoms with E-state index in [4.69, 9.17) is 5.11 Å². The number of benzene rings is 2. The molecule has 0 bridgehead atoms. The highest BCUT2D eigenvalue weighted by Gasteiger charge is 2.24. The lowest BCUT2D eigenvalue weighted by molar-refractivity contribution is 0.0698. The summed E-state index contributed by atoms with van der Waals surface area (Å²) in [5, 5.41) is 9.12. The normalized spacial score (nSPS) is 11.1. The predicted octanol–water partition coefficient (Wildman–Crippen LogP) is 2.35. The number of carbonyl (C=O) groups is 1. The van der Waals surface area contributed by atoms with Gasteiger partial charge < -0.3 is 5.11 Å². The van der Waals surface area contributed by atoms with Gasteiger partial charge in [0.1, 0.15) is 5.82 Å². The van der Waals surface area contributed by atoms with Crippen LogP contribution in [0, 0.1) is 5.82 Å². The van der Waals surface area contributed by atoms with Gasteiger partial charge in [0.2, 0.25) is 0 Å². The van der Waals surface area contributed by atoms with E-state index in [0.29, 0.717) is 0 Å². The van der Waals surface area contributed by atoms with E-state index >= 15 is 0 Å². The Labute approximate surface area is 121 Å². The zero-order valence-corrected chi connectivity index (χ0v) is 11.8. The summed E-state index contributed by atoms with van der Waals surface area (Å²) in [7, 11) is -2.71. The van der Waals surface area contributed by atoms with Crippen LogP contribution in [0.1, 0.15) is 10.4 Å². The minimum absolute atomic E-state index is 0.0364. The van der Waals surface area contributed by atoms with E-state index in [-0.39, 0.29) is 16.1 Å². The quantitative estimate of drug-likeness (QED) is 0.940. The Kier molecular flexibility index (Phi) is 3.95. The van der Waals surface area contributed by atoms with E-state index in [1.54, 1.807) is 6.07 Å². The summed E-state index contributed by atoms with van der Waals surface area (Å²) in [4.78, 5) is 11.0. The summed E-state index contributed by atoms with van der Waals surface area (Å²) < 4.78 is 38.6. The van der Waals surface area contributed by atoms with Gasteiger partial charge in [-0.15, -0.1) is 0 Å². The summed E-state index contributed by atoms with van der Waals surface area (Å²) in [5.41, 5.74) is -0.0972. The van der Waals surface area contributed by atoms with Gasteiger partial charge in [-0.05, 0) is 36.4 Å². The Balaban J connectivity index is 2.51. The van der Waals surface area contributed by atoms with Crippen LogP contribution in [-0.2, 0) is 10.0 Å². The minimum Gasteiger partial charge on any atom is -0.478 e. The first-order valence-electron chi connectivity index (χ1n) is 5.91. The molecule has 0 aliphatic carbocycles. The highest BCUT2D eigenvalue weighted by Crippen LogP contribution is 2.25. The summed E-state index contributed by atoms with van der Waals surface area (Å²) >= 11 is 0. The minimum atomic E-state index is -3.96. The standard InChI is InChI=1S/C14H12FNO4S/c1-16(13-5-3-2-4-12(13)14(17)18)21(19,20)11-8-6-10(15)7-9-11/h2-9H,1H3,(H,17,18). The number of para-hydroxylation sites is 1. The molecule has 2 aromatic carbocycles. The number of nitrogens with zero attached hydrogens (tertiary/aromatic N) is 1. The average Bonchev–Trinajstić information content (AvgIpc) is 2.46. The fraction of sp³-hybridized carbons (Fsp3) is 0.0714. The monoisotopic (exact) mass is 309 g/mol. The molecule has 0 atom stereocenters. The van der Waals surface area contributed by atoms with E-state index in [0.717, 1.165) is 28.6 Å². The number of anilines is 1. The van der Waals surface area contributed by atoms with Crippen LogP contribution in [-0.4, -0.2) is 26.5 Å². The molecule has 0 radical (unpaired) electrons. The van der Waals surface area contributed by atoms with Gasteiger partial charge in [0, 0.05) is 7.05 Å². The lowest BCUT2D eigenvalue weighted by Gasteiger charge is -2.21. The number of halogens is 1. The van der Waals surface area contributed by atoms with Crippen LogP contribution in [0.15, 0.2) is 53.4 Å². The van der Waals surface area contributed by atoms with Crippen molar-refractivity contribution in [3.05, 3.63) is 59.9 Å². The van der Waals surface area contributed by atoms with Crippen molar-refractivity contribution in [2.24, 2.45) is 0 Å². The van der Waals surface area contributed by atoms with E-state index in [2.05, 4.69) is 0 Å². The zero-order chi connectivity index (χ0) is 15.6. The number of hydrogen-bond acceptors (Lipinski definition) is 3. The molecule has 0 fully saturated rings. The molecule has 0 saturated carbocycles. The molecule has 0 saturated heterocycles. The second-order valence-corrected chi connectivity index (χ2v) is 6.22. The van der Waals surface area contributed by atoms with Gasteiger partial charge >= 0.3 is 5.97 Å². The Morgan fingerprint density at radius 2 is 1.67 bits per heavy atom. The number of sulfonamides is 1. The molecule has 0 amide bonds. The number of hydrogen-bond donors (Lipinski definition) is 1. The van der Waals surface area contributed by atoms with Gasteiger partial charge in [-0.2, -0.15) is 0 Å². The summed E-state index contributed by atoms with van der Waals surface area (Å²) in [6, 6.07) is 10.1. The van der Waals surface area contributed by atoms with Gasteiger partial charge in [0.15, 0.2) is 0 Å². The van der Waals surface area contributed by atoms with Crippen LogP contribution in [0.5, 0.6) is 0 Å². The summed E-state index contributed by atoms with van der Waals surface area (Å²) in [6.07, 6.45) is 0. The summed E-state index contributed by atoms with van der Waals surface area (Å²) in [5.74, 6) is -1.78. The fourth-order valence-corrected chi connectivity index (χ4v) is 3.04. The van der Waals surface area contributed by atoms with Crippen LogP contribution >= 0.6 is 0 Å². The lowest BCUT2D eigenvalue weighted by Crippen LogP contribution is -2.28. The topological polar surface area (TPSA) is 74.7 Å². The Hall–Kier alpha value is -2.41. The first kappa shape index (κ1) is 15.0. The lowest BCUT2D eigenvalue weighted by atomic mass is 10.2. The highest BCUT2D eigenvalue weighted by atomic mass is 32.2. The molecule has 0 unspecified atom stereocenters. The maximum absolute atomic E-state index is 12.9.